The molecule has 21 heavy (non-hydrogen) atoms. The highest BCUT2D eigenvalue weighted by molar-refractivity contribution is 9.10. The van der Waals surface area contributed by atoms with Crippen molar-refractivity contribution in [1.29, 1.82) is 0 Å². The monoisotopic (exact) mass is 382 g/mol. The Morgan fingerprint density at radius 1 is 1.29 bits per heavy atom. The molecular weight excluding hydrogens is 372 g/mol. The molecule has 1 aromatic carbocycles. The van der Waals surface area contributed by atoms with E-state index >= 15 is 0 Å². The minimum atomic E-state index is 0.480. The number of nitrogen functional groups attached to an aromatic ring is 1. The second kappa shape index (κ2) is 6.17. The van der Waals surface area contributed by atoms with Gasteiger partial charge in [-0.3, -0.25) is 0 Å². The van der Waals surface area contributed by atoms with Gasteiger partial charge in [-0.05, 0) is 31.2 Å². The Bertz CT molecular complexity index is 754. The summed E-state index contributed by atoms with van der Waals surface area (Å²) in [6.07, 6.45) is 0. The van der Waals surface area contributed by atoms with Crippen LogP contribution in [-0.2, 0) is 5.75 Å². The Morgan fingerprint density at radius 2 is 2.05 bits per heavy atom. The SMILES string of the molecule is Cc1nc(N)sc1-c1nc(CSc2ccc(Br)cc2)no1. The Labute approximate surface area is 138 Å². The van der Waals surface area contributed by atoms with E-state index < -0.39 is 0 Å². The lowest BCUT2D eigenvalue weighted by Crippen LogP contribution is -1.84. The number of hydrogen-bond donors (Lipinski definition) is 1. The standard InChI is InChI=1S/C13H11BrN4OS2/c1-7-11(21-13(15)16-7)12-17-10(18-19-12)6-20-9-4-2-8(14)3-5-9/h2-5H,6H2,1H3,(H2,15,16). The third kappa shape index (κ3) is 3.45. The molecule has 0 saturated heterocycles. The molecule has 3 rings (SSSR count). The van der Waals surface area contributed by atoms with Crippen LogP contribution in [0.2, 0.25) is 0 Å². The zero-order valence-electron chi connectivity index (χ0n) is 11.0. The Morgan fingerprint density at radius 3 is 2.71 bits per heavy atom. The lowest BCUT2D eigenvalue weighted by Gasteiger charge is -1.97. The van der Waals surface area contributed by atoms with E-state index in [1.165, 1.54) is 11.3 Å². The van der Waals surface area contributed by atoms with Gasteiger partial charge in [-0.1, -0.05) is 32.4 Å². The minimum absolute atomic E-state index is 0.480. The lowest BCUT2D eigenvalue weighted by molar-refractivity contribution is 0.425. The van der Waals surface area contributed by atoms with Crippen molar-refractivity contribution in [2.75, 3.05) is 5.73 Å². The van der Waals surface area contributed by atoms with Crippen molar-refractivity contribution in [1.82, 2.24) is 15.1 Å². The third-order valence-electron chi connectivity index (χ3n) is 2.66. The average molecular weight is 383 g/mol. The second-order valence-electron chi connectivity index (χ2n) is 4.22. The van der Waals surface area contributed by atoms with Crippen molar-refractivity contribution in [3.63, 3.8) is 0 Å². The van der Waals surface area contributed by atoms with Gasteiger partial charge in [-0.25, -0.2) is 4.98 Å². The van der Waals surface area contributed by atoms with Crippen LogP contribution in [0.1, 0.15) is 11.5 Å². The lowest BCUT2D eigenvalue weighted by atomic mass is 10.4. The molecule has 0 saturated carbocycles. The van der Waals surface area contributed by atoms with E-state index in [0.29, 0.717) is 22.6 Å². The molecule has 0 spiro atoms. The molecule has 0 atom stereocenters. The summed E-state index contributed by atoms with van der Waals surface area (Å²) < 4.78 is 6.35. The molecule has 0 bridgehead atoms. The molecule has 0 aliphatic heterocycles. The van der Waals surface area contributed by atoms with E-state index in [9.17, 15) is 0 Å². The maximum absolute atomic E-state index is 5.68. The molecule has 5 nitrogen and oxygen atoms in total. The quantitative estimate of drug-likeness (QED) is 0.683. The van der Waals surface area contributed by atoms with Gasteiger partial charge in [-0.2, -0.15) is 4.98 Å². The smallest absolute Gasteiger partial charge is 0.270 e. The molecular formula is C13H11BrN4OS2. The molecule has 2 heterocycles. The van der Waals surface area contributed by atoms with Crippen molar-refractivity contribution >= 4 is 44.2 Å². The number of anilines is 1. The summed E-state index contributed by atoms with van der Waals surface area (Å²) in [7, 11) is 0. The molecule has 3 aromatic rings. The van der Waals surface area contributed by atoms with E-state index in [-0.39, 0.29) is 0 Å². The third-order valence-corrected chi connectivity index (χ3v) is 5.17. The number of thioether (sulfide) groups is 1. The van der Waals surface area contributed by atoms with Crippen molar-refractivity contribution in [2.24, 2.45) is 0 Å². The fourth-order valence-corrected chi connectivity index (χ4v) is 3.46. The number of benzene rings is 1. The van der Waals surface area contributed by atoms with Crippen molar-refractivity contribution < 1.29 is 4.52 Å². The molecule has 2 aromatic heterocycles. The van der Waals surface area contributed by atoms with Gasteiger partial charge < -0.3 is 10.3 Å². The second-order valence-corrected chi connectivity index (χ2v) is 7.22. The molecule has 0 aliphatic rings. The minimum Gasteiger partial charge on any atom is -0.375 e. The van der Waals surface area contributed by atoms with Crippen LogP contribution in [0.5, 0.6) is 0 Å². The zero-order chi connectivity index (χ0) is 14.8. The van der Waals surface area contributed by atoms with Crippen LogP contribution in [-0.4, -0.2) is 15.1 Å². The number of rotatable bonds is 4. The van der Waals surface area contributed by atoms with E-state index in [1.54, 1.807) is 11.8 Å². The van der Waals surface area contributed by atoms with E-state index in [4.69, 9.17) is 10.3 Å². The summed E-state index contributed by atoms with van der Waals surface area (Å²) >= 11 is 6.43. The van der Waals surface area contributed by atoms with Gasteiger partial charge in [0, 0.05) is 9.37 Å². The van der Waals surface area contributed by atoms with Gasteiger partial charge in [0.15, 0.2) is 11.0 Å². The maximum atomic E-state index is 5.68. The van der Waals surface area contributed by atoms with Gasteiger partial charge in [0.25, 0.3) is 5.89 Å². The van der Waals surface area contributed by atoms with Crippen LogP contribution in [0.25, 0.3) is 10.8 Å². The number of hydrogen-bond acceptors (Lipinski definition) is 7. The van der Waals surface area contributed by atoms with Crippen LogP contribution in [0, 0.1) is 6.92 Å². The van der Waals surface area contributed by atoms with Gasteiger partial charge >= 0.3 is 0 Å². The normalized spacial score (nSPS) is 11.0. The summed E-state index contributed by atoms with van der Waals surface area (Å²) in [5.41, 5.74) is 6.49. The predicted molar refractivity (Wildman–Crippen MR) is 88.3 cm³/mol. The number of nitrogens with zero attached hydrogens (tertiary/aromatic N) is 3. The highest BCUT2D eigenvalue weighted by Crippen LogP contribution is 2.31. The van der Waals surface area contributed by atoms with Crippen LogP contribution in [0.4, 0.5) is 5.13 Å². The van der Waals surface area contributed by atoms with E-state index in [2.05, 4.69) is 31.1 Å². The fraction of sp³-hybridized carbons (Fsp3) is 0.154. The first-order valence-corrected chi connectivity index (χ1v) is 8.65. The molecule has 0 aliphatic carbocycles. The summed E-state index contributed by atoms with van der Waals surface area (Å²) in [6, 6.07) is 8.11. The molecule has 0 amide bonds. The maximum Gasteiger partial charge on any atom is 0.270 e. The van der Waals surface area contributed by atoms with Crippen LogP contribution < -0.4 is 5.73 Å². The van der Waals surface area contributed by atoms with Gasteiger partial charge in [0.2, 0.25) is 0 Å². The van der Waals surface area contributed by atoms with E-state index in [1.807, 2.05) is 31.2 Å². The van der Waals surface area contributed by atoms with Crippen molar-refractivity contribution in [3.8, 4) is 10.8 Å². The Kier molecular flexibility index (Phi) is 4.27. The number of halogens is 1. The average Bonchev–Trinajstić information content (AvgIpc) is 3.04. The van der Waals surface area contributed by atoms with Crippen LogP contribution >= 0.6 is 39.0 Å². The highest BCUT2D eigenvalue weighted by atomic mass is 79.9. The van der Waals surface area contributed by atoms with E-state index in [0.717, 1.165) is 19.9 Å². The highest BCUT2D eigenvalue weighted by Gasteiger charge is 2.15. The largest absolute Gasteiger partial charge is 0.375 e. The fourth-order valence-electron chi connectivity index (χ4n) is 1.70. The van der Waals surface area contributed by atoms with Crippen LogP contribution in [0.15, 0.2) is 38.2 Å². The molecule has 0 fully saturated rings. The zero-order valence-corrected chi connectivity index (χ0v) is 14.3. The first-order valence-electron chi connectivity index (χ1n) is 6.06. The first kappa shape index (κ1) is 14.6. The predicted octanol–water partition coefficient (Wildman–Crippen LogP) is 4.14. The summed E-state index contributed by atoms with van der Waals surface area (Å²) in [4.78, 5) is 10.5. The first-order chi connectivity index (χ1) is 10.1. The molecule has 0 unspecified atom stereocenters. The molecule has 8 heteroatoms. The Hall–Kier alpha value is -1.38. The molecule has 0 radical (unpaired) electrons. The molecule has 108 valence electrons. The number of aromatic nitrogens is 3. The van der Waals surface area contributed by atoms with Gasteiger partial charge in [0.1, 0.15) is 4.88 Å². The van der Waals surface area contributed by atoms with Gasteiger partial charge in [-0.15, -0.1) is 11.8 Å². The number of nitrogens with two attached hydrogens (primary N) is 1. The van der Waals surface area contributed by atoms with Crippen molar-refractivity contribution in [3.05, 3.63) is 40.3 Å². The Balaban J connectivity index is 1.70. The van der Waals surface area contributed by atoms with Gasteiger partial charge in [0.05, 0.1) is 11.4 Å². The van der Waals surface area contributed by atoms with Crippen LogP contribution in [0.3, 0.4) is 0 Å². The van der Waals surface area contributed by atoms with Crippen molar-refractivity contribution in [2.45, 2.75) is 17.6 Å². The topological polar surface area (TPSA) is 77.8 Å². The molecule has 2 N–H and O–H groups in total. The summed E-state index contributed by atoms with van der Waals surface area (Å²) in [6.45, 7) is 1.88. The number of thiazole rings is 1. The summed E-state index contributed by atoms with van der Waals surface area (Å²) in [5.74, 6) is 1.79. The summed E-state index contributed by atoms with van der Waals surface area (Å²) in [5, 5.41) is 4.50. The number of aryl methyl sites for hydroxylation is 1.